The van der Waals surface area contributed by atoms with Gasteiger partial charge in [0, 0.05) is 4.47 Å². The fourth-order valence-corrected chi connectivity index (χ4v) is 3.67. The molecule has 0 unspecified atom stereocenters. The van der Waals surface area contributed by atoms with Crippen LogP contribution in [-0.4, -0.2) is 29.6 Å². The molecule has 0 aliphatic carbocycles. The van der Waals surface area contributed by atoms with Crippen LogP contribution >= 0.6 is 31.9 Å². The summed E-state index contributed by atoms with van der Waals surface area (Å²) in [6.07, 6.45) is 1.34. The largest absolute Gasteiger partial charge is 0.503 e. The van der Waals surface area contributed by atoms with Gasteiger partial charge in [0.05, 0.1) is 16.8 Å². The van der Waals surface area contributed by atoms with Gasteiger partial charge in [0.15, 0.2) is 11.5 Å². The molecule has 3 rings (SSSR count). The minimum Gasteiger partial charge on any atom is -0.503 e. The van der Waals surface area contributed by atoms with Crippen LogP contribution < -0.4 is 15.0 Å². The van der Waals surface area contributed by atoms with E-state index in [9.17, 15) is 19.5 Å². The van der Waals surface area contributed by atoms with Crippen LogP contribution in [0.2, 0.25) is 0 Å². The van der Waals surface area contributed by atoms with E-state index in [-0.39, 0.29) is 17.1 Å². The molecule has 2 aromatic rings. The first-order chi connectivity index (χ1) is 13.8. The number of phenolic OH excluding ortho intramolecular Hbond substituents is 1. The number of urea groups is 1. The van der Waals surface area contributed by atoms with Gasteiger partial charge in [0.2, 0.25) is 0 Å². The molecule has 1 fully saturated rings. The van der Waals surface area contributed by atoms with Crippen molar-refractivity contribution < 1.29 is 24.2 Å². The molecule has 1 saturated heterocycles. The van der Waals surface area contributed by atoms with Crippen LogP contribution in [0.1, 0.15) is 18.1 Å². The van der Waals surface area contributed by atoms with E-state index < -0.39 is 17.8 Å². The number of hydrogen-bond donors (Lipinski definition) is 2. The van der Waals surface area contributed by atoms with Crippen LogP contribution in [0.5, 0.6) is 11.5 Å². The lowest BCUT2D eigenvalue weighted by molar-refractivity contribution is -0.122. The second-order valence-corrected chi connectivity index (χ2v) is 7.70. The first-order valence-corrected chi connectivity index (χ1v) is 10.2. The van der Waals surface area contributed by atoms with E-state index in [0.29, 0.717) is 32.4 Å². The number of rotatable bonds is 4. The highest BCUT2D eigenvalue weighted by atomic mass is 79.9. The number of ether oxygens (including phenoxy) is 1. The standard InChI is InChI=1S/C20H16Br2N2O5/c1-3-29-14-9-11(15(21)16(22)17(14)25)8-12-18(26)23-20(28)24(19(12)27)13-7-5-4-6-10(13)2/h4-9,25H,3H2,1-2H3,(H,23,26,28)/b12-8+. The van der Waals surface area contributed by atoms with Gasteiger partial charge >= 0.3 is 6.03 Å². The van der Waals surface area contributed by atoms with Gasteiger partial charge in [0.25, 0.3) is 11.8 Å². The molecule has 0 spiro atoms. The molecular formula is C20H16Br2N2O5. The fourth-order valence-electron chi connectivity index (χ4n) is 2.83. The number of aromatic hydroxyl groups is 1. The van der Waals surface area contributed by atoms with Gasteiger partial charge in [-0.15, -0.1) is 0 Å². The first kappa shape index (κ1) is 21.1. The lowest BCUT2D eigenvalue weighted by atomic mass is 10.1. The second-order valence-electron chi connectivity index (χ2n) is 6.12. The molecule has 150 valence electrons. The van der Waals surface area contributed by atoms with Crippen molar-refractivity contribution in [2.45, 2.75) is 13.8 Å². The third kappa shape index (κ3) is 3.92. The summed E-state index contributed by atoms with van der Waals surface area (Å²) >= 11 is 6.59. The quantitative estimate of drug-likeness (QED) is 0.460. The van der Waals surface area contributed by atoms with Gasteiger partial charge < -0.3 is 9.84 Å². The zero-order chi connectivity index (χ0) is 21.3. The van der Waals surface area contributed by atoms with Crippen molar-refractivity contribution in [3.05, 3.63) is 56.0 Å². The summed E-state index contributed by atoms with van der Waals surface area (Å²) in [7, 11) is 0. The maximum Gasteiger partial charge on any atom is 0.335 e. The zero-order valence-electron chi connectivity index (χ0n) is 15.5. The lowest BCUT2D eigenvalue weighted by Gasteiger charge is -2.27. The van der Waals surface area contributed by atoms with Crippen LogP contribution in [-0.2, 0) is 9.59 Å². The van der Waals surface area contributed by atoms with E-state index in [2.05, 4.69) is 37.2 Å². The zero-order valence-corrected chi connectivity index (χ0v) is 18.6. The molecule has 29 heavy (non-hydrogen) atoms. The smallest absolute Gasteiger partial charge is 0.335 e. The number of barbiturate groups is 1. The molecule has 1 aliphatic rings. The van der Waals surface area contributed by atoms with Crippen molar-refractivity contribution in [3.63, 3.8) is 0 Å². The molecule has 1 aliphatic heterocycles. The third-order valence-electron chi connectivity index (χ3n) is 4.23. The number of phenols is 1. The Morgan fingerprint density at radius 3 is 2.52 bits per heavy atom. The van der Waals surface area contributed by atoms with Gasteiger partial charge in [-0.25, -0.2) is 9.69 Å². The predicted molar refractivity (Wildman–Crippen MR) is 115 cm³/mol. The molecule has 0 saturated carbocycles. The number of para-hydroxylation sites is 1. The minimum atomic E-state index is -0.813. The van der Waals surface area contributed by atoms with Crippen molar-refractivity contribution in [1.82, 2.24) is 5.32 Å². The Morgan fingerprint density at radius 2 is 1.86 bits per heavy atom. The van der Waals surface area contributed by atoms with E-state index in [1.54, 1.807) is 38.1 Å². The Kier molecular flexibility index (Phi) is 6.09. The van der Waals surface area contributed by atoms with Gasteiger partial charge in [0.1, 0.15) is 5.57 Å². The molecule has 2 N–H and O–H groups in total. The number of halogens is 2. The van der Waals surface area contributed by atoms with Crippen LogP contribution in [0.4, 0.5) is 10.5 Å². The highest BCUT2D eigenvalue weighted by Crippen LogP contribution is 2.42. The maximum absolute atomic E-state index is 13.0. The van der Waals surface area contributed by atoms with Gasteiger partial charge in [-0.1, -0.05) is 18.2 Å². The summed E-state index contributed by atoms with van der Waals surface area (Å²) in [6, 6.07) is 7.55. The summed E-state index contributed by atoms with van der Waals surface area (Å²) in [5, 5.41) is 12.4. The molecule has 0 atom stereocenters. The molecular weight excluding hydrogens is 508 g/mol. The lowest BCUT2D eigenvalue weighted by Crippen LogP contribution is -2.54. The van der Waals surface area contributed by atoms with Crippen molar-refractivity contribution in [2.75, 3.05) is 11.5 Å². The summed E-state index contributed by atoms with van der Waals surface area (Å²) in [5.41, 5.74) is 1.27. The third-order valence-corrected chi connectivity index (χ3v) is 6.39. The summed E-state index contributed by atoms with van der Waals surface area (Å²) in [6.45, 7) is 3.84. The molecule has 0 aromatic heterocycles. The highest BCUT2D eigenvalue weighted by Gasteiger charge is 2.37. The van der Waals surface area contributed by atoms with Crippen LogP contribution in [0.25, 0.3) is 6.08 Å². The van der Waals surface area contributed by atoms with Gasteiger partial charge in [-0.2, -0.15) is 0 Å². The van der Waals surface area contributed by atoms with Crippen LogP contribution in [0.15, 0.2) is 44.9 Å². The Morgan fingerprint density at radius 1 is 1.17 bits per heavy atom. The summed E-state index contributed by atoms with van der Waals surface area (Å²) < 4.78 is 6.13. The van der Waals surface area contributed by atoms with Gasteiger partial charge in [-0.3, -0.25) is 14.9 Å². The number of hydrogen-bond acceptors (Lipinski definition) is 5. The number of amides is 4. The highest BCUT2D eigenvalue weighted by molar-refractivity contribution is 9.13. The first-order valence-electron chi connectivity index (χ1n) is 8.57. The molecule has 2 aromatic carbocycles. The SMILES string of the molecule is CCOc1cc(/C=C2\C(=O)NC(=O)N(c3ccccc3C)C2=O)c(Br)c(Br)c1O. The number of carbonyl (C=O) groups is 3. The Bertz CT molecular complexity index is 1070. The number of imide groups is 2. The molecule has 1 heterocycles. The van der Waals surface area contributed by atoms with Gasteiger partial charge in [-0.05, 0) is 75.0 Å². The number of nitrogens with one attached hydrogen (secondary N) is 1. The van der Waals surface area contributed by atoms with E-state index in [4.69, 9.17) is 4.74 Å². The van der Waals surface area contributed by atoms with Crippen molar-refractivity contribution >= 4 is 61.5 Å². The normalized spacial score (nSPS) is 15.7. The maximum atomic E-state index is 13.0. The van der Waals surface area contributed by atoms with E-state index in [1.807, 2.05) is 0 Å². The number of benzene rings is 2. The molecule has 9 heteroatoms. The average Bonchev–Trinajstić information content (AvgIpc) is 2.68. The summed E-state index contributed by atoms with van der Waals surface area (Å²) in [4.78, 5) is 38.7. The number of nitrogens with zero attached hydrogens (tertiary/aromatic N) is 1. The topological polar surface area (TPSA) is 95.9 Å². The van der Waals surface area contributed by atoms with Crippen molar-refractivity contribution in [3.8, 4) is 11.5 Å². The number of carbonyl (C=O) groups excluding carboxylic acids is 3. The number of anilines is 1. The van der Waals surface area contributed by atoms with E-state index in [1.165, 1.54) is 12.1 Å². The molecule has 0 radical (unpaired) electrons. The Labute approximate surface area is 183 Å². The Hall–Kier alpha value is -2.65. The summed E-state index contributed by atoms with van der Waals surface area (Å²) in [5.74, 6) is -1.48. The second kappa shape index (κ2) is 8.38. The minimum absolute atomic E-state index is 0.114. The number of aryl methyl sites for hydroxylation is 1. The predicted octanol–water partition coefficient (Wildman–Crippen LogP) is 4.29. The molecule has 7 nitrogen and oxygen atoms in total. The average molecular weight is 524 g/mol. The molecule has 0 bridgehead atoms. The van der Waals surface area contributed by atoms with Crippen molar-refractivity contribution in [1.29, 1.82) is 0 Å². The van der Waals surface area contributed by atoms with Crippen LogP contribution in [0.3, 0.4) is 0 Å². The van der Waals surface area contributed by atoms with E-state index >= 15 is 0 Å². The van der Waals surface area contributed by atoms with Crippen molar-refractivity contribution in [2.24, 2.45) is 0 Å². The van der Waals surface area contributed by atoms with Crippen LogP contribution in [0, 0.1) is 6.92 Å². The Balaban J connectivity index is 2.11. The van der Waals surface area contributed by atoms with E-state index in [0.717, 1.165) is 4.90 Å². The monoisotopic (exact) mass is 522 g/mol. The molecule has 4 amide bonds. The fraction of sp³-hybridized carbons (Fsp3) is 0.150.